The van der Waals surface area contributed by atoms with Gasteiger partial charge in [-0.3, -0.25) is 14.9 Å². The molecule has 0 fully saturated rings. The van der Waals surface area contributed by atoms with Crippen LogP contribution < -0.4 is 14.8 Å². The molecule has 1 amide bonds. The lowest BCUT2D eigenvalue weighted by molar-refractivity contribution is -0.384. The van der Waals surface area contributed by atoms with Gasteiger partial charge in [-0.15, -0.1) is 0 Å². The molecule has 26 heavy (non-hydrogen) atoms. The van der Waals surface area contributed by atoms with Gasteiger partial charge >= 0.3 is 6.61 Å². The van der Waals surface area contributed by atoms with Crippen LogP contribution >= 0.6 is 23.2 Å². The number of alkyl halides is 2. The van der Waals surface area contributed by atoms with E-state index in [1.807, 2.05) is 0 Å². The first-order valence-corrected chi connectivity index (χ1v) is 7.63. The average molecular weight is 407 g/mol. The third-order valence-electron chi connectivity index (χ3n) is 2.92. The summed E-state index contributed by atoms with van der Waals surface area (Å²) in [5.74, 6) is -0.724. The Balaban J connectivity index is 1.95. The van der Waals surface area contributed by atoms with Crippen LogP contribution in [0.15, 0.2) is 36.4 Å². The number of rotatable bonds is 7. The Morgan fingerprint density at radius 2 is 1.81 bits per heavy atom. The molecule has 0 saturated heterocycles. The molecule has 0 heterocycles. The van der Waals surface area contributed by atoms with Crippen LogP contribution in [0.3, 0.4) is 0 Å². The van der Waals surface area contributed by atoms with Gasteiger partial charge in [0.05, 0.1) is 15.0 Å². The van der Waals surface area contributed by atoms with Gasteiger partial charge in [-0.1, -0.05) is 23.2 Å². The summed E-state index contributed by atoms with van der Waals surface area (Å²) in [6.45, 7) is -3.46. The van der Waals surface area contributed by atoms with Crippen LogP contribution in [0, 0.1) is 10.1 Å². The summed E-state index contributed by atoms with van der Waals surface area (Å²) in [5.41, 5.74) is 0.0209. The van der Waals surface area contributed by atoms with Crippen LogP contribution in [-0.2, 0) is 4.79 Å². The highest BCUT2D eigenvalue weighted by molar-refractivity contribution is 6.32. The number of halogens is 4. The maximum absolute atomic E-state index is 12.2. The number of carbonyl (C=O) groups excluding carboxylic acids is 1. The third kappa shape index (κ3) is 5.43. The van der Waals surface area contributed by atoms with E-state index in [-0.39, 0.29) is 32.9 Å². The third-order valence-corrected chi connectivity index (χ3v) is 3.51. The lowest BCUT2D eigenvalue weighted by Gasteiger charge is -2.11. The van der Waals surface area contributed by atoms with Crippen molar-refractivity contribution in [3.63, 3.8) is 0 Å². The van der Waals surface area contributed by atoms with Crippen LogP contribution in [0.1, 0.15) is 0 Å². The van der Waals surface area contributed by atoms with Crippen molar-refractivity contribution in [2.75, 3.05) is 11.9 Å². The van der Waals surface area contributed by atoms with E-state index in [4.69, 9.17) is 27.9 Å². The number of hydrogen-bond donors (Lipinski definition) is 1. The number of carbonyl (C=O) groups is 1. The number of nitrogens with one attached hydrogen (secondary N) is 1. The lowest BCUT2D eigenvalue weighted by atomic mass is 10.3. The first-order valence-electron chi connectivity index (χ1n) is 6.87. The van der Waals surface area contributed by atoms with Crippen molar-refractivity contribution in [2.45, 2.75) is 6.61 Å². The summed E-state index contributed by atoms with van der Waals surface area (Å²) in [7, 11) is 0. The second-order valence-electron chi connectivity index (χ2n) is 4.73. The van der Waals surface area contributed by atoms with Crippen molar-refractivity contribution in [3.8, 4) is 11.5 Å². The van der Waals surface area contributed by atoms with Crippen molar-refractivity contribution in [2.24, 2.45) is 0 Å². The minimum Gasteiger partial charge on any atom is -0.482 e. The molecule has 0 aromatic heterocycles. The van der Waals surface area contributed by atoms with E-state index in [0.29, 0.717) is 0 Å². The number of benzene rings is 2. The zero-order chi connectivity index (χ0) is 19.3. The van der Waals surface area contributed by atoms with Crippen molar-refractivity contribution in [1.29, 1.82) is 0 Å². The summed E-state index contributed by atoms with van der Waals surface area (Å²) in [6, 6.07) is 7.27. The Kier molecular flexibility index (Phi) is 6.53. The number of nitro groups is 1. The lowest BCUT2D eigenvalue weighted by Crippen LogP contribution is -2.20. The van der Waals surface area contributed by atoms with Crippen LogP contribution in [0.2, 0.25) is 10.0 Å². The Morgan fingerprint density at radius 3 is 2.38 bits per heavy atom. The molecule has 0 atom stereocenters. The van der Waals surface area contributed by atoms with Gasteiger partial charge in [-0.2, -0.15) is 8.78 Å². The van der Waals surface area contributed by atoms with Gasteiger partial charge in [-0.25, -0.2) is 0 Å². The average Bonchev–Trinajstić information content (AvgIpc) is 2.55. The van der Waals surface area contributed by atoms with E-state index in [9.17, 15) is 23.7 Å². The predicted octanol–water partition coefficient (Wildman–Crippen LogP) is 4.52. The van der Waals surface area contributed by atoms with Gasteiger partial charge in [0.25, 0.3) is 11.6 Å². The summed E-state index contributed by atoms with van der Waals surface area (Å²) in [6.07, 6.45) is 0. The quantitative estimate of drug-likeness (QED) is 0.539. The minimum absolute atomic E-state index is 0.0245. The van der Waals surface area contributed by atoms with Crippen LogP contribution in [0.25, 0.3) is 0 Å². The smallest absolute Gasteiger partial charge is 0.387 e. The van der Waals surface area contributed by atoms with Gasteiger partial charge in [0.1, 0.15) is 11.5 Å². The van der Waals surface area contributed by atoms with Gasteiger partial charge in [0.2, 0.25) is 0 Å². The molecule has 0 aliphatic rings. The maximum Gasteiger partial charge on any atom is 0.387 e. The molecule has 2 rings (SSSR count). The zero-order valence-corrected chi connectivity index (χ0v) is 14.3. The monoisotopic (exact) mass is 406 g/mol. The van der Waals surface area contributed by atoms with Crippen molar-refractivity contribution in [1.82, 2.24) is 0 Å². The summed E-state index contributed by atoms with van der Waals surface area (Å²) >= 11 is 11.6. The first kappa shape index (κ1) is 19.7. The van der Waals surface area contributed by atoms with E-state index < -0.39 is 24.0 Å². The molecule has 138 valence electrons. The van der Waals surface area contributed by atoms with E-state index in [2.05, 4.69) is 10.1 Å². The Hall–Kier alpha value is -2.65. The first-order chi connectivity index (χ1) is 12.3. The van der Waals surface area contributed by atoms with Gasteiger partial charge in [-0.05, 0) is 24.3 Å². The molecule has 7 nitrogen and oxygen atoms in total. The molecule has 11 heteroatoms. The summed E-state index contributed by atoms with van der Waals surface area (Å²) in [5, 5.41) is 12.9. The van der Waals surface area contributed by atoms with Crippen molar-refractivity contribution in [3.05, 3.63) is 56.6 Å². The normalized spacial score (nSPS) is 10.5. The molecule has 0 radical (unpaired) electrons. The molecule has 0 unspecified atom stereocenters. The van der Waals surface area contributed by atoms with Crippen LogP contribution in [-0.4, -0.2) is 24.0 Å². The summed E-state index contributed by atoms with van der Waals surface area (Å²) in [4.78, 5) is 21.9. The number of amides is 1. The van der Waals surface area contributed by atoms with Crippen LogP contribution in [0.5, 0.6) is 11.5 Å². The van der Waals surface area contributed by atoms with Gasteiger partial charge < -0.3 is 14.8 Å². The number of nitrogens with zero attached hydrogens (tertiary/aromatic N) is 1. The van der Waals surface area contributed by atoms with Crippen LogP contribution in [0.4, 0.5) is 20.2 Å². The maximum atomic E-state index is 12.2. The Bertz CT molecular complexity index is 836. The highest BCUT2D eigenvalue weighted by Crippen LogP contribution is 2.30. The number of ether oxygens (including phenoxy) is 2. The molecule has 0 saturated carbocycles. The molecule has 1 N–H and O–H groups in total. The fourth-order valence-electron chi connectivity index (χ4n) is 1.83. The van der Waals surface area contributed by atoms with Gasteiger partial charge in [0.15, 0.2) is 6.61 Å². The SMILES string of the molecule is O=C(COc1ccc([N+](=O)[O-])cc1Cl)Nc1ccc(OC(F)F)c(Cl)c1. The minimum atomic E-state index is -3.02. The molecular weight excluding hydrogens is 397 g/mol. The highest BCUT2D eigenvalue weighted by Gasteiger charge is 2.13. The largest absolute Gasteiger partial charge is 0.482 e. The fraction of sp³-hybridized carbons (Fsp3) is 0.133. The number of non-ortho nitro benzene ring substituents is 1. The van der Waals surface area contributed by atoms with Crippen molar-refractivity contribution >= 4 is 40.5 Å². The molecule has 2 aromatic rings. The second kappa shape index (κ2) is 8.63. The Morgan fingerprint density at radius 1 is 1.15 bits per heavy atom. The second-order valence-corrected chi connectivity index (χ2v) is 5.55. The number of nitro benzene ring substituents is 1. The Labute approximate surface area is 155 Å². The summed E-state index contributed by atoms with van der Waals surface area (Å²) < 4.78 is 33.7. The molecule has 0 aliphatic heterocycles. The molecule has 0 aliphatic carbocycles. The van der Waals surface area contributed by atoms with E-state index in [0.717, 1.165) is 6.07 Å². The topological polar surface area (TPSA) is 90.7 Å². The predicted molar refractivity (Wildman–Crippen MR) is 90.3 cm³/mol. The standard InChI is InChI=1S/C15H10Cl2F2N2O5/c16-10-5-8(1-3-13(10)26-15(18)19)20-14(22)7-25-12-4-2-9(21(23)24)6-11(12)17/h1-6,15H,7H2,(H,20,22). The molecule has 2 aromatic carbocycles. The molecule has 0 bridgehead atoms. The van der Waals surface area contributed by atoms with E-state index in [1.165, 1.54) is 30.3 Å². The number of anilines is 1. The highest BCUT2D eigenvalue weighted by atomic mass is 35.5. The van der Waals surface area contributed by atoms with Crippen molar-refractivity contribution < 1.29 is 28.0 Å². The fourth-order valence-corrected chi connectivity index (χ4v) is 2.29. The number of hydrogen-bond acceptors (Lipinski definition) is 5. The van der Waals surface area contributed by atoms with Gasteiger partial charge in [0, 0.05) is 17.8 Å². The zero-order valence-electron chi connectivity index (χ0n) is 12.7. The molecular formula is C15H10Cl2F2N2O5. The van der Waals surface area contributed by atoms with E-state index >= 15 is 0 Å². The van der Waals surface area contributed by atoms with E-state index in [1.54, 1.807) is 0 Å². The molecule has 0 spiro atoms.